The fourth-order valence-corrected chi connectivity index (χ4v) is 4.79. The molecule has 0 spiro atoms. The molecule has 2 aromatic carbocycles. The minimum absolute atomic E-state index is 0.0286. The van der Waals surface area contributed by atoms with Crippen molar-refractivity contribution in [3.8, 4) is 23.0 Å². The van der Waals surface area contributed by atoms with Crippen molar-refractivity contribution in [3.63, 3.8) is 0 Å². The summed E-state index contributed by atoms with van der Waals surface area (Å²) in [6.45, 7) is 2.60. The molecule has 0 saturated carbocycles. The minimum atomic E-state index is -0.499. The lowest BCUT2D eigenvalue weighted by molar-refractivity contribution is -0.114. The van der Waals surface area contributed by atoms with Crippen LogP contribution in [0, 0.1) is 5.41 Å². The summed E-state index contributed by atoms with van der Waals surface area (Å²) >= 11 is 7.84. The molecule has 1 N–H and O–H groups in total. The third-order valence-corrected chi connectivity index (χ3v) is 6.69. The van der Waals surface area contributed by atoms with Gasteiger partial charge in [0.2, 0.25) is 5.17 Å². The lowest BCUT2D eigenvalue weighted by atomic mass is 10.1. The van der Waals surface area contributed by atoms with Crippen LogP contribution in [0.1, 0.15) is 31.7 Å². The second kappa shape index (κ2) is 12.2. The number of aliphatic imine (C=N–C) groups is 1. The Kier molecular flexibility index (Phi) is 8.73. The van der Waals surface area contributed by atoms with E-state index in [2.05, 4.69) is 17.0 Å². The molecule has 0 bridgehead atoms. The van der Waals surface area contributed by atoms with Gasteiger partial charge >= 0.3 is 0 Å². The van der Waals surface area contributed by atoms with Crippen LogP contribution in [0.25, 0.3) is 6.08 Å². The van der Waals surface area contributed by atoms with Crippen LogP contribution in [0.5, 0.6) is 23.0 Å². The molecule has 2 heterocycles. The van der Waals surface area contributed by atoms with E-state index in [4.69, 9.17) is 36.0 Å². The molecule has 0 radical (unpaired) electrons. The Morgan fingerprint density at radius 2 is 1.89 bits per heavy atom. The molecule has 0 atom stereocenters. The number of thioether (sulfide) groups is 1. The molecule has 1 amide bonds. The second-order valence-corrected chi connectivity index (χ2v) is 9.48. The maximum atomic E-state index is 12.7. The zero-order valence-corrected chi connectivity index (χ0v) is 22.3. The van der Waals surface area contributed by atoms with Gasteiger partial charge < -0.3 is 18.9 Å². The van der Waals surface area contributed by atoms with Crippen LogP contribution in [-0.4, -0.2) is 54.4 Å². The van der Waals surface area contributed by atoms with Gasteiger partial charge in [0.05, 0.1) is 24.8 Å². The number of hydrazone groups is 1. The summed E-state index contributed by atoms with van der Waals surface area (Å²) in [4.78, 5) is 16.8. The summed E-state index contributed by atoms with van der Waals surface area (Å²) in [5, 5.41) is 16.0. The van der Waals surface area contributed by atoms with Gasteiger partial charge in [0, 0.05) is 6.07 Å². The molecule has 194 valence electrons. The van der Waals surface area contributed by atoms with E-state index in [1.807, 2.05) is 18.2 Å². The molecule has 0 unspecified atom stereocenters. The number of unbranched alkanes of at least 4 members (excludes halogenated alkanes) is 1. The third kappa shape index (κ3) is 6.26. The first-order valence-corrected chi connectivity index (χ1v) is 12.9. The van der Waals surface area contributed by atoms with Crippen LogP contribution in [-0.2, 0) is 4.79 Å². The van der Waals surface area contributed by atoms with E-state index in [1.54, 1.807) is 31.4 Å². The number of amides is 1. The zero-order chi connectivity index (χ0) is 26.4. The Bertz CT molecular complexity index is 1290. The van der Waals surface area contributed by atoms with E-state index in [9.17, 15) is 4.79 Å². The van der Waals surface area contributed by atoms with Gasteiger partial charge in [-0.05, 0) is 60.5 Å². The molecule has 2 aromatic rings. The number of carbonyl (C=O) groups is 1. The molecular weight excluding hydrogens is 516 g/mol. The summed E-state index contributed by atoms with van der Waals surface area (Å²) in [7, 11) is 3.10. The summed E-state index contributed by atoms with van der Waals surface area (Å²) in [5.74, 6) is 1.57. The largest absolute Gasteiger partial charge is 0.497 e. The number of rotatable bonds is 11. The van der Waals surface area contributed by atoms with E-state index in [0.29, 0.717) is 38.8 Å². The van der Waals surface area contributed by atoms with Gasteiger partial charge in [0.25, 0.3) is 5.91 Å². The number of benzene rings is 2. The number of halogens is 1. The van der Waals surface area contributed by atoms with Crippen molar-refractivity contribution in [2.45, 2.75) is 26.2 Å². The summed E-state index contributed by atoms with van der Waals surface area (Å²) in [5.41, 5.74) is 0.680. The number of carbonyl (C=O) groups excluding carboxylic acids is 1. The van der Waals surface area contributed by atoms with Crippen molar-refractivity contribution in [1.29, 1.82) is 5.41 Å². The maximum absolute atomic E-state index is 12.7. The van der Waals surface area contributed by atoms with Crippen molar-refractivity contribution in [3.05, 3.63) is 52.6 Å². The van der Waals surface area contributed by atoms with Crippen LogP contribution in [0.2, 0.25) is 5.02 Å². The maximum Gasteiger partial charge on any atom is 0.283 e. The van der Waals surface area contributed by atoms with Gasteiger partial charge in [0.1, 0.15) is 29.8 Å². The van der Waals surface area contributed by atoms with E-state index in [1.165, 1.54) is 23.9 Å². The molecule has 0 aliphatic carbocycles. The molecule has 4 rings (SSSR count). The molecule has 2 aliphatic rings. The second-order valence-electron chi connectivity index (χ2n) is 8.03. The number of methoxy groups -OCH3 is 2. The van der Waals surface area contributed by atoms with Crippen LogP contribution in [0.15, 0.2) is 52.1 Å². The van der Waals surface area contributed by atoms with Crippen molar-refractivity contribution in [2.75, 3.05) is 27.4 Å². The van der Waals surface area contributed by atoms with Crippen LogP contribution >= 0.6 is 23.4 Å². The lowest BCUT2D eigenvalue weighted by Gasteiger charge is -2.20. The molecule has 11 heteroatoms. The van der Waals surface area contributed by atoms with Crippen LogP contribution in [0.3, 0.4) is 0 Å². The number of nitrogens with one attached hydrogen (secondary N) is 1. The number of hydrogen-bond acceptors (Lipinski definition) is 8. The quantitative estimate of drug-likeness (QED) is 0.290. The molecular formula is C26H27ClN4O5S. The average Bonchev–Trinajstić information content (AvgIpc) is 3.31. The SMILES string of the molecule is CCCCC1=NN2C(=N)C(=Cc3cc(Cl)c(OCCOc4cccc(OC)c4)c(OC)c3)C(=O)N=C2S1. The fourth-order valence-electron chi connectivity index (χ4n) is 3.58. The molecule has 0 aromatic heterocycles. The highest BCUT2D eigenvalue weighted by atomic mass is 35.5. The Morgan fingerprint density at radius 1 is 1.11 bits per heavy atom. The number of hydrogen-bond donors (Lipinski definition) is 1. The highest BCUT2D eigenvalue weighted by Gasteiger charge is 2.35. The van der Waals surface area contributed by atoms with Crippen LogP contribution < -0.4 is 18.9 Å². The van der Waals surface area contributed by atoms with E-state index >= 15 is 0 Å². The monoisotopic (exact) mass is 542 g/mol. The lowest BCUT2D eigenvalue weighted by Crippen LogP contribution is -2.35. The Morgan fingerprint density at radius 3 is 2.65 bits per heavy atom. The van der Waals surface area contributed by atoms with Crippen molar-refractivity contribution in [1.82, 2.24) is 5.01 Å². The first-order chi connectivity index (χ1) is 17.9. The number of amidine groups is 2. The topological polar surface area (TPSA) is 106 Å². The Balaban J connectivity index is 1.46. The Hall–Kier alpha value is -3.50. The number of fused-ring (bicyclic) bond motifs is 1. The zero-order valence-electron chi connectivity index (χ0n) is 20.7. The molecule has 0 fully saturated rings. The standard InChI is InChI=1S/C26H27ClN4O5S/c1-4-5-9-22-30-31-24(28)19(25(32)29-26(31)37-22)12-16-13-20(27)23(21(14-16)34-3)36-11-10-35-18-8-6-7-17(15-18)33-2/h6-8,12-15,28H,4-5,9-11H2,1-3H3. The minimum Gasteiger partial charge on any atom is -0.497 e. The van der Waals surface area contributed by atoms with Crippen molar-refractivity contribution < 1.29 is 23.7 Å². The molecule has 0 saturated heterocycles. The molecule has 37 heavy (non-hydrogen) atoms. The summed E-state index contributed by atoms with van der Waals surface area (Å²) in [6.07, 6.45) is 4.36. The van der Waals surface area contributed by atoms with Gasteiger partial charge in [-0.25, -0.2) is 0 Å². The van der Waals surface area contributed by atoms with Gasteiger partial charge in [-0.1, -0.05) is 31.0 Å². The first kappa shape index (κ1) is 26.6. The van der Waals surface area contributed by atoms with Crippen molar-refractivity contribution >= 4 is 51.4 Å². The third-order valence-electron chi connectivity index (χ3n) is 5.44. The van der Waals surface area contributed by atoms with Gasteiger partial charge in [-0.2, -0.15) is 15.1 Å². The highest BCUT2D eigenvalue weighted by Crippen LogP contribution is 2.38. The van der Waals surface area contributed by atoms with E-state index < -0.39 is 5.91 Å². The van der Waals surface area contributed by atoms with Gasteiger partial charge in [-0.15, -0.1) is 0 Å². The average molecular weight is 543 g/mol. The Labute approximate surface area is 224 Å². The highest BCUT2D eigenvalue weighted by molar-refractivity contribution is 8.26. The van der Waals surface area contributed by atoms with Crippen molar-refractivity contribution in [2.24, 2.45) is 10.1 Å². The summed E-state index contributed by atoms with van der Waals surface area (Å²) in [6, 6.07) is 10.6. The van der Waals surface area contributed by atoms with Crippen LogP contribution in [0.4, 0.5) is 0 Å². The molecule has 9 nitrogen and oxygen atoms in total. The van der Waals surface area contributed by atoms with E-state index in [-0.39, 0.29) is 24.6 Å². The first-order valence-electron chi connectivity index (χ1n) is 11.7. The van der Waals surface area contributed by atoms with E-state index in [0.717, 1.165) is 24.3 Å². The van der Waals surface area contributed by atoms with Gasteiger partial charge in [0.15, 0.2) is 17.3 Å². The number of ether oxygens (including phenoxy) is 4. The normalized spacial score (nSPS) is 15.9. The fraction of sp³-hybridized carbons (Fsp3) is 0.308. The predicted octanol–water partition coefficient (Wildman–Crippen LogP) is 5.62. The predicted molar refractivity (Wildman–Crippen MR) is 147 cm³/mol. The summed E-state index contributed by atoms with van der Waals surface area (Å²) < 4.78 is 22.2. The van der Waals surface area contributed by atoms with Gasteiger partial charge in [-0.3, -0.25) is 10.2 Å². The number of nitrogens with zero attached hydrogens (tertiary/aromatic N) is 3. The molecule has 2 aliphatic heterocycles. The smallest absolute Gasteiger partial charge is 0.283 e.